The number of likely N-dealkylation sites (N-methyl/N-ethyl adjacent to an activating group) is 1. The van der Waals surface area contributed by atoms with Crippen molar-refractivity contribution in [2.45, 2.75) is 167 Å². The zero-order valence-corrected chi connectivity index (χ0v) is 47.2. The molecule has 4 bridgehead atoms. The number of nitrogens with one attached hydrogen (secondary N) is 1. The number of esters is 1. The molecule has 6 aliphatic rings. The van der Waals surface area contributed by atoms with Gasteiger partial charge in [-0.25, -0.2) is 4.79 Å². The van der Waals surface area contributed by atoms with Gasteiger partial charge in [0.1, 0.15) is 36.2 Å². The minimum absolute atomic E-state index is 0.0332. The maximum atomic E-state index is 14.4. The Morgan fingerprint density at radius 2 is 1.61 bits per heavy atom. The summed E-state index contributed by atoms with van der Waals surface area (Å²) < 4.78 is 34.2. The van der Waals surface area contributed by atoms with Crippen LogP contribution in [0.5, 0.6) is 0 Å². The van der Waals surface area contributed by atoms with Crippen molar-refractivity contribution in [1.82, 2.24) is 15.1 Å². The Bertz CT molecular complexity index is 2000. The molecule has 6 rings (SSSR count). The Hall–Kier alpha value is -3.98. The van der Waals surface area contributed by atoms with Crippen molar-refractivity contribution in [3.63, 3.8) is 0 Å². The first-order chi connectivity index (χ1) is 36.4. The van der Waals surface area contributed by atoms with Crippen molar-refractivity contribution in [3.8, 4) is 0 Å². The maximum absolute atomic E-state index is 14.4. The zero-order valence-electron chi connectivity index (χ0n) is 47.2. The summed E-state index contributed by atoms with van der Waals surface area (Å²) in [6.45, 7) is 17.6. The van der Waals surface area contributed by atoms with E-state index >= 15 is 0 Å². The molecule has 5 fully saturated rings. The average Bonchev–Trinajstić information content (AvgIpc) is 3.42. The van der Waals surface area contributed by atoms with E-state index in [9.17, 15) is 39.0 Å². The minimum Gasteiger partial charge on any atom is -0.462 e. The fourth-order valence-corrected chi connectivity index (χ4v) is 11.9. The number of ketones is 3. The number of allylic oxidation sites excluding steroid dienone is 7. The van der Waals surface area contributed by atoms with E-state index in [0.717, 1.165) is 52.1 Å². The Morgan fingerprint density at radius 3 is 2.28 bits per heavy atom. The lowest BCUT2D eigenvalue weighted by atomic mass is 9.68. The molecule has 5 aliphatic heterocycles. The van der Waals surface area contributed by atoms with Gasteiger partial charge in [-0.3, -0.25) is 28.9 Å². The number of carbonyl (C=O) groups excluding carboxylic acids is 6. The summed E-state index contributed by atoms with van der Waals surface area (Å²) in [6.07, 6.45) is 12.7. The van der Waals surface area contributed by atoms with Gasteiger partial charge in [0.25, 0.3) is 18.2 Å². The number of Topliss-reactive ketones (excluding diaryl/α,β-unsaturated/α-hetero) is 3. The molecule has 1 saturated carbocycles. The number of hydrogen-bond donors (Lipinski definition) is 4. The fourth-order valence-electron chi connectivity index (χ4n) is 11.9. The molecule has 18 nitrogen and oxygen atoms in total. The van der Waals surface area contributed by atoms with Gasteiger partial charge in [-0.1, -0.05) is 69.7 Å². The van der Waals surface area contributed by atoms with Crippen LogP contribution in [-0.4, -0.2) is 184 Å². The second kappa shape index (κ2) is 32.2. The molecule has 0 radical (unpaired) electrons. The standard InChI is InChI=1S/C50H73NO13.C7H16N2O.CH4O/c1-29-13-10-9-11-14-30(2)23-32(4)44(54)46(61-8)45(55)33(5)24-31(3)39(53)27-41-38(25-35-18-21-40(62-28-52)42(26-35)60-7)37-15-12-22-51(43(37)49(58)63-41)48(57)47(56)50(59)34(6)17-20-36(64-50)19-16-29;1-8-2-3-9-4-6-10-7-5-9;1-2/h9-11,13-14,24,28,30-32,34-38,40-43,45-46,55,59H,12,15-23,25-27H2,1-8H3;8H,2-7H2,1H3;2H,1H3/b10-9+,14-11+,29-13+,33-24+;;/t30-,31-,32?,34?,35?,36-,37?,38+,40-,41+,42?,43?,45?,46+,50?;;/m1../s1. The Balaban J connectivity index is 0.000000921. The van der Waals surface area contributed by atoms with Gasteiger partial charge in [-0.05, 0) is 115 Å². The van der Waals surface area contributed by atoms with Gasteiger partial charge in [0, 0.05) is 84.1 Å². The second-order valence-electron chi connectivity index (χ2n) is 22.0. The molecular weight excluding hydrogens is 979 g/mol. The number of ether oxygens (including phenoxy) is 6. The molecule has 430 valence electrons. The van der Waals surface area contributed by atoms with Crippen molar-refractivity contribution in [3.05, 3.63) is 47.6 Å². The third-order valence-corrected chi connectivity index (χ3v) is 16.5. The van der Waals surface area contributed by atoms with E-state index in [1.807, 2.05) is 58.2 Å². The summed E-state index contributed by atoms with van der Waals surface area (Å²) in [4.78, 5) is 85.6. The van der Waals surface area contributed by atoms with Gasteiger partial charge in [-0.2, -0.15) is 0 Å². The highest BCUT2D eigenvalue weighted by molar-refractivity contribution is 6.39. The number of methoxy groups -OCH3 is 2. The number of hydrogen-bond acceptors (Lipinski definition) is 17. The van der Waals surface area contributed by atoms with Crippen LogP contribution in [0.2, 0.25) is 0 Å². The molecule has 4 saturated heterocycles. The first-order valence-electron chi connectivity index (χ1n) is 27.8. The monoisotopic (exact) mass is 1070 g/mol. The molecular formula is C58H93N3O15. The van der Waals surface area contributed by atoms with Crippen LogP contribution in [0.4, 0.5) is 0 Å². The number of nitrogens with zero attached hydrogens (tertiary/aromatic N) is 2. The molecule has 0 aromatic carbocycles. The molecule has 4 N–H and O–H groups in total. The molecule has 18 heteroatoms. The van der Waals surface area contributed by atoms with Crippen molar-refractivity contribution < 1.29 is 72.5 Å². The van der Waals surface area contributed by atoms with Crippen LogP contribution in [0.3, 0.4) is 0 Å². The number of morpholine rings is 1. The molecule has 0 aromatic rings. The number of carbonyl (C=O) groups is 6. The van der Waals surface area contributed by atoms with Crippen LogP contribution in [0.1, 0.15) is 119 Å². The van der Waals surface area contributed by atoms with E-state index < -0.39 is 89.6 Å². The quantitative estimate of drug-likeness (QED) is 0.102. The Kier molecular flexibility index (Phi) is 27.3. The number of aliphatic hydroxyl groups is 3. The lowest BCUT2D eigenvalue weighted by Gasteiger charge is -2.50. The number of aliphatic hydroxyl groups excluding tert-OH is 2. The van der Waals surface area contributed by atoms with Gasteiger partial charge < -0.3 is 54.0 Å². The fraction of sp³-hybridized carbons (Fsp3) is 0.759. The Morgan fingerprint density at radius 1 is 0.882 bits per heavy atom. The molecule has 1 amide bonds. The van der Waals surface area contributed by atoms with Gasteiger partial charge in [0.15, 0.2) is 5.78 Å². The summed E-state index contributed by atoms with van der Waals surface area (Å²) in [5.41, 5.74) is 1.45. The lowest BCUT2D eigenvalue weighted by Crippen LogP contribution is -2.65. The molecule has 8 unspecified atom stereocenters. The van der Waals surface area contributed by atoms with Gasteiger partial charge in [0.2, 0.25) is 5.79 Å². The van der Waals surface area contributed by atoms with Gasteiger partial charge >= 0.3 is 5.97 Å². The molecule has 76 heavy (non-hydrogen) atoms. The molecule has 0 aromatic heterocycles. The topological polar surface area (TPSA) is 237 Å². The summed E-state index contributed by atoms with van der Waals surface area (Å²) in [6, 6.07) is -1.12. The third-order valence-electron chi connectivity index (χ3n) is 16.5. The van der Waals surface area contributed by atoms with E-state index in [1.54, 1.807) is 34.0 Å². The van der Waals surface area contributed by atoms with E-state index in [0.29, 0.717) is 82.7 Å². The van der Waals surface area contributed by atoms with Crippen LogP contribution in [0.15, 0.2) is 47.6 Å². The minimum atomic E-state index is -2.38. The molecule has 5 heterocycles. The Labute approximate surface area is 452 Å². The third kappa shape index (κ3) is 17.8. The van der Waals surface area contributed by atoms with Crippen molar-refractivity contribution >= 4 is 35.7 Å². The summed E-state index contributed by atoms with van der Waals surface area (Å²) in [5.74, 6) is -8.30. The van der Waals surface area contributed by atoms with Crippen LogP contribution in [0.25, 0.3) is 0 Å². The van der Waals surface area contributed by atoms with Crippen LogP contribution < -0.4 is 5.32 Å². The smallest absolute Gasteiger partial charge is 0.329 e. The summed E-state index contributed by atoms with van der Waals surface area (Å²) in [7, 11) is 5.94. The van der Waals surface area contributed by atoms with Gasteiger partial charge in [-0.15, -0.1) is 0 Å². The van der Waals surface area contributed by atoms with Crippen LogP contribution in [-0.2, 0) is 57.2 Å². The first kappa shape index (κ1) is 64.5. The second-order valence-corrected chi connectivity index (χ2v) is 22.0. The van der Waals surface area contributed by atoms with Crippen LogP contribution in [0, 0.1) is 41.4 Å². The summed E-state index contributed by atoms with van der Waals surface area (Å²) >= 11 is 0. The highest BCUT2D eigenvalue weighted by Gasteiger charge is 2.57. The highest BCUT2D eigenvalue weighted by atomic mass is 16.6. The van der Waals surface area contributed by atoms with Gasteiger partial charge in [0.05, 0.1) is 25.4 Å². The van der Waals surface area contributed by atoms with Crippen LogP contribution >= 0.6 is 0 Å². The SMILES string of the molecule is CNCCN1CCOCC1.CO.COC1CC(C[C@H]2C3CCCN4C(=O)C(=O)C5(O)O[C@H](CC/C(C)=C/C=C/C=C/[C@@H](C)CC(C)C(=O)[C@H](OC)C(O)/C(C)=C/[C@@H](C)C(=O)C[C@@H]2OC(=O)C34)CCC5C)CC[C@H]1OC=O. The number of piperidine rings is 1. The number of fused-ring (bicyclic) bond motifs is 4. The van der Waals surface area contributed by atoms with Crippen molar-refractivity contribution in [1.29, 1.82) is 0 Å². The normalized spacial score (nSPS) is 38.1. The van der Waals surface area contributed by atoms with E-state index in [1.165, 1.54) is 12.0 Å². The molecule has 0 spiro atoms. The highest BCUT2D eigenvalue weighted by Crippen LogP contribution is 2.45. The number of rotatable bonds is 9. The largest absolute Gasteiger partial charge is 0.462 e. The molecule has 1 aliphatic carbocycles. The van der Waals surface area contributed by atoms with E-state index in [-0.39, 0.29) is 42.5 Å². The van der Waals surface area contributed by atoms with E-state index in [2.05, 4.69) is 10.2 Å². The average molecular weight is 1070 g/mol. The van der Waals surface area contributed by atoms with Crippen molar-refractivity contribution in [2.75, 3.05) is 74.3 Å². The lowest BCUT2D eigenvalue weighted by molar-refractivity contribution is -0.263. The first-order valence-corrected chi connectivity index (χ1v) is 27.8. The predicted octanol–water partition coefficient (Wildman–Crippen LogP) is 5.10. The summed E-state index contributed by atoms with van der Waals surface area (Å²) in [5, 5.41) is 33.5. The van der Waals surface area contributed by atoms with E-state index in [4.69, 9.17) is 33.5 Å². The van der Waals surface area contributed by atoms with Crippen molar-refractivity contribution in [2.24, 2.45) is 41.4 Å². The maximum Gasteiger partial charge on any atom is 0.329 e. The number of amides is 1. The zero-order chi connectivity index (χ0) is 56.1. The molecule has 15 atom stereocenters. The predicted molar refractivity (Wildman–Crippen MR) is 286 cm³/mol.